The largest absolute Gasteiger partial charge is 0.724 e. The maximum atomic E-state index is 13.5. The zero-order valence-electron chi connectivity index (χ0n) is 14.5. The van der Waals surface area contributed by atoms with Gasteiger partial charge in [0, 0.05) is 0 Å². The third-order valence-electron chi connectivity index (χ3n) is 4.44. The molecule has 134 valence electrons. The summed E-state index contributed by atoms with van der Waals surface area (Å²) in [5.74, 6) is 0. The van der Waals surface area contributed by atoms with Gasteiger partial charge in [0.05, 0.1) is 0 Å². The third-order valence-corrected chi connectivity index (χ3v) is 9.71. The number of carbonyl (C=O) groups excluding carboxylic acids is 1. The molecule has 6 heteroatoms. The number of nitrogens with zero attached hydrogens (tertiary/aromatic N) is 1. The van der Waals surface area contributed by atoms with Crippen molar-refractivity contribution < 1.29 is 35.8 Å². The average molecular weight is 393 g/mol. The zero-order chi connectivity index (χ0) is 19.3. The van der Waals surface area contributed by atoms with Gasteiger partial charge in [-0.2, -0.15) is 0 Å². The van der Waals surface area contributed by atoms with Gasteiger partial charge < -0.3 is 5.41 Å². The molecule has 0 unspecified atom stereocenters. The molecule has 0 aromatic heterocycles. The minimum absolute atomic E-state index is 0.450. The van der Waals surface area contributed by atoms with E-state index in [1.54, 1.807) is 12.1 Å². The van der Waals surface area contributed by atoms with Gasteiger partial charge >= 0.3 is 141 Å². The fourth-order valence-corrected chi connectivity index (χ4v) is 8.55. The first kappa shape index (κ1) is 20.4. The summed E-state index contributed by atoms with van der Waals surface area (Å²) in [4.78, 5) is 8.24. The van der Waals surface area contributed by atoms with E-state index in [-0.39, 0.29) is 0 Å². The number of allylic oxidation sites excluding steroid dienone is 8. The van der Waals surface area contributed by atoms with Crippen molar-refractivity contribution >= 4 is 9.95 Å². The molecule has 0 fully saturated rings. The molecular weight excluding hydrogens is 375 g/mol. The predicted octanol–water partition coefficient (Wildman–Crippen LogP) is 5.31. The average Bonchev–Trinajstić information content (AvgIpc) is 3.18. The first-order valence-electron chi connectivity index (χ1n) is 8.09. The molecule has 0 N–H and O–H groups in total. The molecule has 0 aliphatic heterocycles. The second kappa shape index (κ2) is 8.63. The van der Waals surface area contributed by atoms with E-state index in [0.29, 0.717) is 9.95 Å². The summed E-state index contributed by atoms with van der Waals surface area (Å²) in [6, 6.07) is 6.17. The Kier molecular flexibility index (Phi) is 6.77. The van der Waals surface area contributed by atoms with Crippen molar-refractivity contribution in [1.29, 1.82) is 0 Å². The van der Waals surface area contributed by atoms with Crippen LogP contribution < -0.4 is 3.87 Å². The molecule has 2 nitrogen and oxygen atoms in total. The Labute approximate surface area is 157 Å². The second-order valence-corrected chi connectivity index (χ2v) is 9.94. The minimum atomic E-state index is -4.30. The standard InChI is InChI=1S/C7H4F3.2C6H7.CNO.Ti/c8-7(9,10)6-4-2-1-3-5-6;2*1-6-4-2-3-5-6;2-1-3;/h1-4H;2*2,4H,3H2,1H3;;/q;;;-1;+1. The van der Waals surface area contributed by atoms with Gasteiger partial charge in [-0.15, -0.1) is 0 Å². The van der Waals surface area contributed by atoms with Crippen molar-refractivity contribution in [3.63, 3.8) is 0 Å². The van der Waals surface area contributed by atoms with Crippen molar-refractivity contribution in [2.24, 2.45) is 0 Å². The number of isocyanates is 1. The summed E-state index contributed by atoms with van der Waals surface area (Å²) in [5.41, 5.74) is 1.86. The number of benzene rings is 1. The Bertz CT molecular complexity index is 805. The van der Waals surface area contributed by atoms with E-state index in [4.69, 9.17) is 10.2 Å². The molecule has 1 aromatic rings. The summed E-state index contributed by atoms with van der Waals surface area (Å²) in [7, 11) is 0. The van der Waals surface area contributed by atoms with Crippen molar-refractivity contribution in [2.45, 2.75) is 32.9 Å². The Balaban J connectivity index is 0.000000758. The van der Waals surface area contributed by atoms with Crippen LogP contribution in [-0.2, 0) is 28.8 Å². The van der Waals surface area contributed by atoms with Crippen LogP contribution in [0.1, 0.15) is 32.3 Å². The normalized spacial score (nSPS) is 15.9. The van der Waals surface area contributed by atoms with E-state index in [1.807, 2.05) is 13.8 Å². The van der Waals surface area contributed by atoms with E-state index in [9.17, 15) is 13.2 Å². The molecule has 0 radical (unpaired) electrons. The molecule has 0 bridgehead atoms. The molecular formula is C20H18F3NOTi. The topological polar surface area (TPSA) is 39.4 Å². The van der Waals surface area contributed by atoms with Gasteiger partial charge in [-0.05, 0) is 6.08 Å². The number of halogens is 3. The maximum absolute atomic E-state index is 13.5. The molecule has 0 amide bonds. The van der Waals surface area contributed by atoms with Gasteiger partial charge in [-0.1, -0.05) is 0 Å². The molecule has 0 saturated carbocycles. The SMILES string of the molecule is CC1=[C]([Ti+]([C]2=C(C)C=CC2)[c]2ccccc2C(F)(F)F)CC=C1.[N-]=C=O. The molecule has 0 spiro atoms. The van der Waals surface area contributed by atoms with Crippen LogP contribution in [0.4, 0.5) is 13.2 Å². The van der Waals surface area contributed by atoms with E-state index >= 15 is 0 Å². The summed E-state index contributed by atoms with van der Waals surface area (Å²) >= 11 is -2.39. The second-order valence-electron chi connectivity index (χ2n) is 6.05. The Morgan fingerprint density at radius 2 is 1.46 bits per heavy atom. The number of hydrogen-bond acceptors (Lipinski definition) is 1. The van der Waals surface area contributed by atoms with Gasteiger partial charge in [0.25, 0.3) is 0 Å². The van der Waals surface area contributed by atoms with Crippen LogP contribution in [0, 0.1) is 0 Å². The smallest absolute Gasteiger partial charge is 0.0159 e. The monoisotopic (exact) mass is 393 g/mol. The molecule has 2 aliphatic carbocycles. The Morgan fingerprint density at radius 3 is 1.85 bits per heavy atom. The van der Waals surface area contributed by atoms with Crippen LogP contribution in [0.3, 0.4) is 0 Å². The quantitative estimate of drug-likeness (QED) is 0.390. The van der Waals surface area contributed by atoms with Crippen LogP contribution in [-0.4, -0.2) is 6.08 Å². The van der Waals surface area contributed by atoms with Crippen LogP contribution in [0.25, 0.3) is 5.41 Å². The zero-order valence-corrected chi connectivity index (χ0v) is 16.1. The predicted molar refractivity (Wildman–Crippen MR) is 93.0 cm³/mol. The summed E-state index contributed by atoms with van der Waals surface area (Å²) in [5, 5.41) is 6.76. The van der Waals surface area contributed by atoms with Crippen molar-refractivity contribution in [3.8, 4) is 0 Å². The van der Waals surface area contributed by atoms with Gasteiger partial charge in [0.1, 0.15) is 0 Å². The number of alkyl halides is 3. The van der Waals surface area contributed by atoms with Crippen LogP contribution in [0.5, 0.6) is 0 Å². The molecule has 2 aliphatic rings. The molecule has 0 heterocycles. The van der Waals surface area contributed by atoms with Crippen molar-refractivity contribution in [3.05, 3.63) is 78.4 Å². The first-order chi connectivity index (χ1) is 12.3. The fourth-order valence-electron chi connectivity index (χ4n) is 3.28. The van der Waals surface area contributed by atoms with Gasteiger partial charge in [-0.3, -0.25) is 4.79 Å². The molecule has 3 rings (SSSR count). The molecule has 1 aromatic carbocycles. The Hall–Kier alpha value is -1.94. The van der Waals surface area contributed by atoms with Crippen molar-refractivity contribution in [1.82, 2.24) is 0 Å². The van der Waals surface area contributed by atoms with Gasteiger partial charge in [0.15, 0.2) is 0 Å². The van der Waals surface area contributed by atoms with Gasteiger partial charge in [-0.25, -0.2) is 0 Å². The fraction of sp³-hybridized carbons (Fsp3) is 0.250. The maximum Gasteiger partial charge on any atom is -0.0159 e. The van der Waals surface area contributed by atoms with Crippen LogP contribution in [0.2, 0.25) is 0 Å². The van der Waals surface area contributed by atoms with E-state index in [1.165, 1.54) is 19.9 Å². The summed E-state index contributed by atoms with van der Waals surface area (Å²) in [6.07, 6.45) is 6.05. The number of hydrogen-bond donors (Lipinski definition) is 0. The third kappa shape index (κ3) is 4.42. The van der Waals surface area contributed by atoms with Crippen molar-refractivity contribution in [2.75, 3.05) is 0 Å². The Morgan fingerprint density at radius 1 is 1.00 bits per heavy atom. The van der Waals surface area contributed by atoms with Crippen LogP contribution in [0.15, 0.2) is 67.5 Å². The van der Waals surface area contributed by atoms with E-state index < -0.39 is 29.6 Å². The van der Waals surface area contributed by atoms with E-state index in [0.717, 1.165) is 24.0 Å². The molecule has 26 heavy (non-hydrogen) atoms. The molecule has 0 atom stereocenters. The summed E-state index contributed by atoms with van der Waals surface area (Å²) in [6.45, 7) is 4.06. The van der Waals surface area contributed by atoms with Crippen LogP contribution >= 0.6 is 0 Å². The minimum Gasteiger partial charge on any atom is -0.724 e. The van der Waals surface area contributed by atoms with E-state index in [2.05, 4.69) is 24.3 Å². The molecule has 0 saturated heterocycles. The van der Waals surface area contributed by atoms with Gasteiger partial charge in [0.2, 0.25) is 0 Å². The first-order valence-corrected chi connectivity index (χ1v) is 10.4. The summed E-state index contributed by atoms with van der Waals surface area (Å²) < 4.78 is 43.7. The number of rotatable bonds is 3.